The average Bonchev–Trinajstić information content (AvgIpc) is 2.47. The molecule has 0 atom stereocenters. The molecule has 2 N–H and O–H groups in total. The number of rotatable bonds is 7. The summed E-state index contributed by atoms with van der Waals surface area (Å²) in [5.74, 6) is 0.805. The molecular weight excluding hydrogens is 330 g/mol. The third kappa shape index (κ3) is 6.48. The third-order valence-electron chi connectivity index (χ3n) is 3.29. The highest BCUT2D eigenvalue weighted by Gasteiger charge is 2.20. The van der Waals surface area contributed by atoms with Crippen LogP contribution in [-0.4, -0.2) is 39.3 Å². The van der Waals surface area contributed by atoms with Crippen LogP contribution in [0.1, 0.15) is 26.3 Å². The second-order valence-electron chi connectivity index (χ2n) is 5.44. The Bertz CT molecular complexity index is 443. The van der Waals surface area contributed by atoms with Gasteiger partial charge < -0.3 is 15.4 Å². The number of guanidine groups is 1. The summed E-state index contributed by atoms with van der Waals surface area (Å²) in [5.41, 5.74) is 1.32. The number of hydrogen-bond donors (Lipinski definition) is 2. The quantitative estimate of drug-likeness (QED) is 0.449. The van der Waals surface area contributed by atoms with E-state index in [0.717, 1.165) is 30.1 Å². The maximum Gasteiger partial charge on any atom is 0.191 e. The fourth-order valence-electron chi connectivity index (χ4n) is 1.91. The minimum absolute atomic E-state index is 0.0260. The molecule has 0 fully saturated rings. The van der Waals surface area contributed by atoms with Gasteiger partial charge in [0.2, 0.25) is 0 Å². The fraction of sp³-hybridized carbons (Fsp3) is 0.562. The number of nitrogens with zero attached hydrogens (tertiary/aromatic N) is 1. The Morgan fingerprint density at radius 3 is 2.48 bits per heavy atom. The second kappa shape index (κ2) is 9.05. The smallest absolute Gasteiger partial charge is 0.191 e. The van der Waals surface area contributed by atoms with E-state index in [0.29, 0.717) is 6.61 Å². The summed E-state index contributed by atoms with van der Waals surface area (Å²) in [6.45, 7) is 9.42. The molecule has 0 unspecified atom stereocenters. The van der Waals surface area contributed by atoms with E-state index in [1.807, 2.05) is 6.92 Å². The van der Waals surface area contributed by atoms with Crippen molar-refractivity contribution >= 4 is 21.9 Å². The van der Waals surface area contributed by atoms with E-state index in [1.165, 1.54) is 5.56 Å². The van der Waals surface area contributed by atoms with Crippen LogP contribution in [0.4, 0.5) is 0 Å². The van der Waals surface area contributed by atoms with Crippen LogP contribution in [0.3, 0.4) is 0 Å². The molecule has 4 nitrogen and oxygen atoms in total. The van der Waals surface area contributed by atoms with Gasteiger partial charge in [0.1, 0.15) is 0 Å². The average molecular weight is 356 g/mol. The Morgan fingerprint density at radius 1 is 1.24 bits per heavy atom. The largest absolute Gasteiger partial charge is 0.380 e. The Kier molecular flexibility index (Phi) is 7.75. The van der Waals surface area contributed by atoms with E-state index in [2.05, 4.69) is 69.7 Å². The van der Waals surface area contributed by atoms with Crippen molar-refractivity contribution in [2.75, 3.05) is 33.4 Å². The van der Waals surface area contributed by atoms with E-state index < -0.39 is 0 Å². The predicted octanol–water partition coefficient (Wildman–Crippen LogP) is 2.93. The van der Waals surface area contributed by atoms with Crippen LogP contribution in [0, 0.1) is 0 Å². The minimum atomic E-state index is 0.0260. The molecule has 0 heterocycles. The summed E-state index contributed by atoms with van der Waals surface area (Å²) >= 11 is 3.47. The van der Waals surface area contributed by atoms with Gasteiger partial charge >= 0.3 is 0 Å². The molecule has 21 heavy (non-hydrogen) atoms. The SMILES string of the molecule is CCOCCNC(=NC)NCC(C)(C)c1ccc(Br)cc1. The first-order valence-electron chi connectivity index (χ1n) is 7.28. The van der Waals surface area contributed by atoms with E-state index in [9.17, 15) is 0 Å². The van der Waals surface area contributed by atoms with Crippen LogP contribution in [0.25, 0.3) is 0 Å². The van der Waals surface area contributed by atoms with Gasteiger partial charge in [0, 0.05) is 36.6 Å². The number of nitrogens with one attached hydrogen (secondary N) is 2. The minimum Gasteiger partial charge on any atom is -0.380 e. The van der Waals surface area contributed by atoms with Gasteiger partial charge in [0.25, 0.3) is 0 Å². The topological polar surface area (TPSA) is 45.6 Å². The molecule has 0 aliphatic carbocycles. The number of ether oxygens (including phenoxy) is 1. The molecule has 0 aromatic heterocycles. The number of benzene rings is 1. The van der Waals surface area contributed by atoms with Gasteiger partial charge in [-0.15, -0.1) is 0 Å². The van der Waals surface area contributed by atoms with E-state index in [-0.39, 0.29) is 5.41 Å². The molecular formula is C16H26BrN3O. The highest BCUT2D eigenvalue weighted by atomic mass is 79.9. The summed E-state index contributed by atoms with van der Waals surface area (Å²) < 4.78 is 6.40. The summed E-state index contributed by atoms with van der Waals surface area (Å²) in [6.07, 6.45) is 0. The zero-order valence-corrected chi connectivity index (χ0v) is 15.0. The third-order valence-corrected chi connectivity index (χ3v) is 3.82. The lowest BCUT2D eigenvalue weighted by atomic mass is 9.85. The molecule has 0 bridgehead atoms. The van der Waals surface area contributed by atoms with Crippen molar-refractivity contribution in [3.63, 3.8) is 0 Å². The lowest BCUT2D eigenvalue weighted by Gasteiger charge is -2.27. The first-order chi connectivity index (χ1) is 9.99. The lowest BCUT2D eigenvalue weighted by molar-refractivity contribution is 0.152. The molecule has 118 valence electrons. The highest BCUT2D eigenvalue weighted by Crippen LogP contribution is 2.23. The van der Waals surface area contributed by atoms with Crippen molar-refractivity contribution in [2.24, 2.45) is 4.99 Å². The lowest BCUT2D eigenvalue weighted by Crippen LogP contribution is -2.44. The Balaban J connectivity index is 2.49. The molecule has 0 aliphatic rings. The Hall–Kier alpha value is -1.07. The number of hydrogen-bond acceptors (Lipinski definition) is 2. The van der Waals surface area contributed by atoms with Crippen molar-refractivity contribution in [1.82, 2.24) is 10.6 Å². The number of aliphatic imine (C=N–C) groups is 1. The monoisotopic (exact) mass is 355 g/mol. The van der Waals surface area contributed by atoms with Gasteiger partial charge in [0.05, 0.1) is 6.61 Å². The second-order valence-corrected chi connectivity index (χ2v) is 6.36. The molecule has 1 aromatic rings. The van der Waals surface area contributed by atoms with E-state index >= 15 is 0 Å². The molecule has 1 rings (SSSR count). The van der Waals surface area contributed by atoms with Crippen LogP contribution in [0.2, 0.25) is 0 Å². The van der Waals surface area contributed by atoms with Gasteiger partial charge in [-0.1, -0.05) is 41.9 Å². The van der Waals surface area contributed by atoms with Crippen molar-refractivity contribution in [3.8, 4) is 0 Å². The Morgan fingerprint density at radius 2 is 1.90 bits per heavy atom. The van der Waals surface area contributed by atoms with Crippen LogP contribution in [0.15, 0.2) is 33.7 Å². The maximum atomic E-state index is 5.30. The van der Waals surface area contributed by atoms with Crippen molar-refractivity contribution in [1.29, 1.82) is 0 Å². The van der Waals surface area contributed by atoms with Crippen LogP contribution in [-0.2, 0) is 10.2 Å². The van der Waals surface area contributed by atoms with Crippen LogP contribution in [0.5, 0.6) is 0 Å². The van der Waals surface area contributed by atoms with Gasteiger partial charge in [-0.05, 0) is 24.6 Å². The first-order valence-corrected chi connectivity index (χ1v) is 8.07. The summed E-state index contributed by atoms with van der Waals surface area (Å²) in [7, 11) is 1.78. The highest BCUT2D eigenvalue weighted by molar-refractivity contribution is 9.10. The molecule has 0 saturated carbocycles. The van der Waals surface area contributed by atoms with Crippen LogP contribution >= 0.6 is 15.9 Å². The summed E-state index contributed by atoms with van der Waals surface area (Å²) in [5, 5.41) is 6.62. The first kappa shape index (κ1) is 18.0. The van der Waals surface area contributed by atoms with Gasteiger partial charge in [0.15, 0.2) is 5.96 Å². The zero-order chi connectivity index (χ0) is 15.7. The standard InChI is InChI=1S/C16H26BrN3O/c1-5-21-11-10-19-15(18-4)20-12-16(2,3)13-6-8-14(17)9-7-13/h6-9H,5,10-12H2,1-4H3,(H2,18,19,20). The zero-order valence-electron chi connectivity index (χ0n) is 13.4. The van der Waals surface area contributed by atoms with Crippen molar-refractivity contribution < 1.29 is 4.74 Å². The van der Waals surface area contributed by atoms with Gasteiger partial charge in [-0.3, -0.25) is 4.99 Å². The maximum absolute atomic E-state index is 5.30. The van der Waals surface area contributed by atoms with E-state index in [1.54, 1.807) is 7.05 Å². The van der Waals surface area contributed by atoms with Crippen molar-refractivity contribution in [3.05, 3.63) is 34.3 Å². The van der Waals surface area contributed by atoms with Crippen LogP contribution < -0.4 is 10.6 Å². The molecule has 0 radical (unpaired) electrons. The molecule has 1 aromatic carbocycles. The fourth-order valence-corrected chi connectivity index (χ4v) is 2.18. The molecule has 0 amide bonds. The molecule has 0 aliphatic heterocycles. The molecule has 0 saturated heterocycles. The van der Waals surface area contributed by atoms with Gasteiger partial charge in [-0.2, -0.15) is 0 Å². The van der Waals surface area contributed by atoms with Gasteiger partial charge in [-0.25, -0.2) is 0 Å². The van der Waals surface area contributed by atoms with Crippen molar-refractivity contribution in [2.45, 2.75) is 26.2 Å². The molecule has 5 heteroatoms. The Labute approximate surface area is 136 Å². The predicted molar refractivity (Wildman–Crippen MR) is 93.0 cm³/mol. The number of halogens is 1. The molecule has 0 spiro atoms. The summed E-state index contributed by atoms with van der Waals surface area (Å²) in [4.78, 5) is 4.23. The van der Waals surface area contributed by atoms with E-state index in [4.69, 9.17) is 4.74 Å². The normalized spacial score (nSPS) is 12.3. The summed E-state index contributed by atoms with van der Waals surface area (Å²) in [6, 6.07) is 8.45.